The maximum atomic E-state index is 12.5. The number of hydrogen-bond donors (Lipinski definition) is 1. The number of aliphatic imine (C=N–C) groups is 1. The highest BCUT2D eigenvalue weighted by molar-refractivity contribution is 8.13. The molecular weight excluding hydrogens is 407 g/mol. The standard InChI is InChI=1S/C20H30F3N3S.ClH/c21-20(22,23)18-10-8-17(9-11-18)7-2-3-12-25-19(24)27-16-6-15-26-13-4-1-5-14-26;/h8-11H,1-7,12-16H2,(H2,24,25);1H. The van der Waals surface area contributed by atoms with Crippen LogP contribution in [-0.4, -0.2) is 42.0 Å². The number of nitrogens with zero attached hydrogens (tertiary/aromatic N) is 2. The van der Waals surface area contributed by atoms with E-state index in [4.69, 9.17) is 5.73 Å². The number of halogens is 4. The molecule has 1 heterocycles. The first-order valence-electron chi connectivity index (χ1n) is 9.76. The molecule has 0 spiro atoms. The SMILES string of the molecule is Cl.NC(=NCCCCc1ccc(C(F)(F)F)cc1)SCCCN1CCCCC1. The number of unbranched alkanes of at least 4 members (excludes halogenated alkanes) is 1. The summed E-state index contributed by atoms with van der Waals surface area (Å²) >= 11 is 1.62. The minimum atomic E-state index is -4.27. The van der Waals surface area contributed by atoms with E-state index in [-0.39, 0.29) is 12.4 Å². The Morgan fingerprint density at radius 3 is 2.36 bits per heavy atom. The lowest BCUT2D eigenvalue weighted by atomic mass is 10.1. The summed E-state index contributed by atoms with van der Waals surface area (Å²) < 4.78 is 37.6. The topological polar surface area (TPSA) is 41.6 Å². The zero-order chi connectivity index (χ0) is 19.5. The number of rotatable bonds is 9. The van der Waals surface area contributed by atoms with Gasteiger partial charge in [0.2, 0.25) is 0 Å². The average molecular weight is 438 g/mol. The number of amidine groups is 1. The van der Waals surface area contributed by atoms with Crippen LogP contribution in [0, 0.1) is 0 Å². The van der Waals surface area contributed by atoms with Crippen molar-refractivity contribution < 1.29 is 13.2 Å². The second-order valence-corrected chi connectivity index (χ2v) is 8.09. The molecule has 2 rings (SSSR count). The Hall–Kier alpha value is -0.920. The van der Waals surface area contributed by atoms with Crippen LogP contribution in [0.4, 0.5) is 13.2 Å². The number of thioether (sulfide) groups is 1. The van der Waals surface area contributed by atoms with Crippen molar-refractivity contribution in [2.45, 2.75) is 51.1 Å². The minimum Gasteiger partial charge on any atom is -0.379 e. The van der Waals surface area contributed by atoms with E-state index < -0.39 is 11.7 Å². The Morgan fingerprint density at radius 2 is 1.71 bits per heavy atom. The van der Waals surface area contributed by atoms with Gasteiger partial charge in [-0.3, -0.25) is 4.99 Å². The maximum absolute atomic E-state index is 12.5. The second-order valence-electron chi connectivity index (χ2n) is 6.98. The number of nitrogens with two attached hydrogens (primary N) is 1. The average Bonchev–Trinajstić information content (AvgIpc) is 2.65. The molecule has 0 aliphatic carbocycles. The highest BCUT2D eigenvalue weighted by Gasteiger charge is 2.29. The number of benzene rings is 1. The molecule has 1 aliphatic rings. The summed E-state index contributed by atoms with van der Waals surface area (Å²) in [4.78, 5) is 6.91. The van der Waals surface area contributed by atoms with Crippen LogP contribution in [-0.2, 0) is 12.6 Å². The maximum Gasteiger partial charge on any atom is 0.416 e. The first-order chi connectivity index (χ1) is 12.9. The van der Waals surface area contributed by atoms with E-state index in [0.29, 0.717) is 11.7 Å². The first-order valence-corrected chi connectivity index (χ1v) is 10.7. The van der Waals surface area contributed by atoms with Crippen molar-refractivity contribution in [2.75, 3.05) is 31.9 Å². The molecule has 0 amide bonds. The highest BCUT2D eigenvalue weighted by atomic mass is 35.5. The van der Waals surface area contributed by atoms with Gasteiger partial charge in [-0.15, -0.1) is 12.4 Å². The molecule has 2 N–H and O–H groups in total. The summed E-state index contributed by atoms with van der Waals surface area (Å²) in [5, 5.41) is 0.642. The number of aryl methyl sites for hydroxylation is 1. The Morgan fingerprint density at radius 1 is 1.04 bits per heavy atom. The number of hydrogen-bond acceptors (Lipinski definition) is 3. The molecule has 0 atom stereocenters. The highest BCUT2D eigenvalue weighted by Crippen LogP contribution is 2.29. The summed E-state index contributed by atoms with van der Waals surface area (Å²) in [6.45, 7) is 4.28. The third-order valence-electron chi connectivity index (χ3n) is 4.74. The molecule has 1 saturated heterocycles. The monoisotopic (exact) mass is 437 g/mol. The number of alkyl halides is 3. The van der Waals surface area contributed by atoms with Gasteiger partial charge in [0, 0.05) is 12.3 Å². The van der Waals surface area contributed by atoms with E-state index >= 15 is 0 Å². The van der Waals surface area contributed by atoms with E-state index in [9.17, 15) is 13.2 Å². The molecule has 3 nitrogen and oxygen atoms in total. The summed E-state index contributed by atoms with van der Waals surface area (Å²) in [6, 6.07) is 5.40. The molecule has 1 aliphatic heterocycles. The van der Waals surface area contributed by atoms with Crippen LogP contribution in [0.15, 0.2) is 29.3 Å². The summed E-state index contributed by atoms with van der Waals surface area (Å²) in [7, 11) is 0. The van der Waals surface area contributed by atoms with Gasteiger partial charge < -0.3 is 10.6 Å². The van der Waals surface area contributed by atoms with Gasteiger partial charge in [-0.25, -0.2) is 0 Å². The molecule has 1 aromatic carbocycles. The van der Waals surface area contributed by atoms with Crippen LogP contribution in [0.25, 0.3) is 0 Å². The first kappa shape index (κ1) is 25.1. The van der Waals surface area contributed by atoms with Gasteiger partial charge in [0.05, 0.1) is 5.56 Å². The fourth-order valence-electron chi connectivity index (χ4n) is 3.18. The van der Waals surface area contributed by atoms with Crippen LogP contribution < -0.4 is 5.73 Å². The third kappa shape index (κ3) is 10.0. The summed E-state index contributed by atoms with van der Waals surface area (Å²) in [6.07, 6.45) is 3.41. The Bertz CT molecular complexity index is 573. The van der Waals surface area contributed by atoms with Crippen LogP contribution in [0.5, 0.6) is 0 Å². The molecule has 0 saturated carbocycles. The van der Waals surface area contributed by atoms with E-state index in [1.165, 1.54) is 32.4 Å². The molecular formula is C20H31ClF3N3S. The minimum absolute atomic E-state index is 0. The lowest BCUT2D eigenvalue weighted by Crippen LogP contribution is -2.30. The summed E-state index contributed by atoms with van der Waals surface area (Å²) in [5.74, 6) is 0.997. The van der Waals surface area contributed by atoms with E-state index in [1.54, 1.807) is 23.9 Å². The van der Waals surface area contributed by atoms with Gasteiger partial charge in [-0.1, -0.05) is 30.3 Å². The number of piperidine rings is 1. The predicted molar refractivity (Wildman–Crippen MR) is 115 cm³/mol. The van der Waals surface area contributed by atoms with Crippen LogP contribution >= 0.6 is 24.2 Å². The largest absolute Gasteiger partial charge is 0.416 e. The van der Waals surface area contributed by atoms with Crippen molar-refractivity contribution in [3.8, 4) is 0 Å². The predicted octanol–water partition coefficient (Wildman–Crippen LogP) is 5.37. The quantitative estimate of drug-likeness (QED) is 0.320. The van der Waals surface area contributed by atoms with Crippen molar-refractivity contribution in [3.63, 3.8) is 0 Å². The van der Waals surface area contributed by atoms with Gasteiger partial charge in [0.25, 0.3) is 0 Å². The van der Waals surface area contributed by atoms with Crippen LogP contribution in [0.1, 0.15) is 49.7 Å². The van der Waals surface area contributed by atoms with Crippen LogP contribution in [0.2, 0.25) is 0 Å². The van der Waals surface area contributed by atoms with Crippen molar-refractivity contribution in [3.05, 3.63) is 35.4 Å². The molecule has 160 valence electrons. The van der Waals surface area contributed by atoms with E-state index in [2.05, 4.69) is 9.89 Å². The molecule has 1 fully saturated rings. The van der Waals surface area contributed by atoms with E-state index in [0.717, 1.165) is 55.7 Å². The van der Waals surface area contributed by atoms with Crippen molar-refractivity contribution in [1.29, 1.82) is 0 Å². The fourth-order valence-corrected chi connectivity index (χ4v) is 3.85. The number of likely N-dealkylation sites (tertiary alicyclic amines) is 1. The van der Waals surface area contributed by atoms with Crippen molar-refractivity contribution in [2.24, 2.45) is 10.7 Å². The zero-order valence-electron chi connectivity index (χ0n) is 16.2. The van der Waals surface area contributed by atoms with Crippen molar-refractivity contribution in [1.82, 2.24) is 4.90 Å². The van der Waals surface area contributed by atoms with Crippen LogP contribution in [0.3, 0.4) is 0 Å². The smallest absolute Gasteiger partial charge is 0.379 e. The third-order valence-corrected chi connectivity index (χ3v) is 5.66. The molecule has 0 bridgehead atoms. The normalized spacial score (nSPS) is 16.0. The molecule has 8 heteroatoms. The van der Waals surface area contributed by atoms with Gasteiger partial charge in [-0.05, 0) is 75.9 Å². The summed E-state index contributed by atoms with van der Waals surface area (Å²) in [5.41, 5.74) is 6.26. The zero-order valence-corrected chi connectivity index (χ0v) is 17.8. The fraction of sp³-hybridized carbons (Fsp3) is 0.650. The van der Waals surface area contributed by atoms with Crippen molar-refractivity contribution >= 4 is 29.3 Å². The Kier molecular flexibility index (Phi) is 12.0. The van der Waals surface area contributed by atoms with E-state index in [1.807, 2.05) is 0 Å². The lowest BCUT2D eigenvalue weighted by Gasteiger charge is -2.26. The second kappa shape index (κ2) is 13.3. The van der Waals surface area contributed by atoms with Gasteiger partial charge in [0.15, 0.2) is 5.17 Å². The van der Waals surface area contributed by atoms with Gasteiger partial charge in [-0.2, -0.15) is 13.2 Å². The molecule has 0 unspecified atom stereocenters. The molecule has 28 heavy (non-hydrogen) atoms. The van der Waals surface area contributed by atoms with Gasteiger partial charge in [0.1, 0.15) is 0 Å². The molecule has 1 aromatic rings. The lowest BCUT2D eigenvalue weighted by molar-refractivity contribution is -0.137. The molecule has 0 aromatic heterocycles. The Balaban J connectivity index is 0.00000392. The molecule has 0 radical (unpaired) electrons. The van der Waals surface area contributed by atoms with Gasteiger partial charge >= 0.3 is 6.18 Å². The Labute approximate surface area is 176 Å².